The van der Waals surface area contributed by atoms with Crippen LogP contribution in [0.25, 0.3) is 32.8 Å². The highest BCUT2D eigenvalue weighted by Gasteiger charge is 2.38. The number of benzene rings is 3. The van der Waals surface area contributed by atoms with E-state index in [2.05, 4.69) is 20.0 Å². The molecule has 0 saturated carbocycles. The van der Waals surface area contributed by atoms with E-state index in [1.807, 2.05) is 30.3 Å². The summed E-state index contributed by atoms with van der Waals surface area (Å²) in [6.07, 6.45) is 2.86. The number of phenols is 1. The Morgan fingerprint density at radius 2 is 1.62 bits per heavy atom. The number of hydrogen-bond acceptors (Lipinski definition) is 8. The molecule has 3 aromatic carbocycles. The fraction of sp³-hybridized carbons (Fsp3) is 0.419. The summed E-state index contributed by atoms with van der Waals surface area (Å²) in [5.41, 5.74) is 1.38. The van der Waals surface area contributed by atoms with Gasteiger partial charge in [-0.1, -0.05) is 30.3 Å². The van der Waals surface area contributed by atoms with Crippen LogP contribution in [0.3, 0.4) is 0 Å². The minimum Gasteiger partial charge on any atom is -0.508 e. The number of rotatable bonds is 4. The molecule has 4 aromatic rings. The van der Waals surface area contributed by atoms with Crippen molar-refractivity contribution in [2.45, 2.75) is 43.5 Å². The van der Waals surface area contributed by atoms with E-state index in [9.17, 15) is 10.2 Å². The molecule has 4 aliphatic rings. The van der Waals surface area contributed by atoms with Crippen LogP contribution in [-0.2, 0) is 0 Å². The standard InChI is InChI=1S/C31H33FN6O2/c32-28-25(27-12-23(40)11-18-3-1-2-4-24(18)27)7-8-26-29(28)34-31(38-15-21(16-38)36-10-9-22(39)17-36)35-30(26)37-13-19-5-6-20(14-37)33-19/h1-4,7-8,11-12,19-22,33,39-40H,5-6,9-10,13-17H2. The van der Waals surface area contributed by atoms with Crippen molar-refractivity contribution >= 4 is 33.4 Å². The van der Waals surface area contributed by atoms with Gasteiger partial charge in [0.2, 0.25) is 5.95 Å². The summed E-state index contributed by atoms with van der Waals surface area (Å²) in [7, 11) is 0. The normalized spacial score (nSPS) is 25.3. The first-order valence-corrected chi connectivity index (χ1v) is 14.4. The van der Waals surface area contributed by atoms with Crippen molar-refractivity contribution in [2.24, 2.45) is 0 Å². The highest BCUT2D eigenvalue weighted by Crippen LogP contribution is 2.39. The number of hydrogen-bond donors (Lipinski definition) is 3. The highest BCUT2D eigenvalue weighted by molar-refractivity contribution is 6.01. The Labute approximate surface area is 232 Å². The van der Waals surface area contributed by atoms with E-state index in [1.165, 1.54) is 0 Å². The molecular formula is C31H33FN6O2. The molecule has 0 radical (unpaired) electrons. The third-order valence-corrected chi connectivity index (χ3v) is 9.28. The molecule has 206 valence electrons. The predicted molar refractivity (Wildman–Crippen MR) is 154 cm³/mol. The van der Waals surface area contributed by atoms with Crippen molar-refractivity contribution in [2.75, 3.05) is 49.1 Å². The molecule has 3 unspecified atom stereocenters. The van der Waals surface area contributed by atoms with Crippen LogP contribution < -0.4 is 15.1 Å². The largest absolute Gasteiger partial charge is 0.508 e. The second-order valence-electron chi connectivity index (χ2n) is 11.9. The summed E-state index contributed by atoms with van der Waals surface area (Å²) in [5, 5.41) is 26.6. The van der Waals surface area contributed by atoms with Gasteiger partial charge in [-0.2, -0.15) is 4.98 Å². The first-order chi connectivity index (χ1) is 19.5. The van der Waals surface area contributed by atoms with Gasteiger partial charge in [0.05, 0.1) is 6.10 Å². The molecule has 4 fully saturated rings. The van der Waals surface area contributed by atoms with E-state index in [0.29, 0.717) is 47.3 Å². The van der Waals surface area contributed by atoms with Crippen LogP contribution in [0.15, 0.2) is 48.5 Å². The van der Waals surface area contributed by atoms with Crippen LogP contribution >= 0.6 is 0 Å². The maximum Gasteiger partial charge on any atom is 0.228 e. The second-order valence-corrected chi connectivity index (χ2v) is 11.9. The number of halogens is 1. The van der Waals surface area contributed by atoms with Crippen molar-refractivity contribution in [1.82, 2.24) is 20.2 Å². The third-order valence-electron chi connectivity index (χ3n) is 9.28. The smallest absolute Gasteiger partial charge is 0.228 e. The Morgan fingerprint density at radius 3 is 2.40 bits per heavy atom. The minimum absolute atomic E-state index is 0.104. The SMILES string of the molecule is Oc1cc(-c2ccc3c(N4CC5CCC(C4)N5)nc(N4CC(N5CCC(O)C5)C4)nc3c2F)c2ccccc2c1. The minimum atomic E-state index is -0.393. The van der Waals surface area contributed by atoms with Gasteiger partial charge in [-0.05, 0) is 53.8 Å². The average Bonchev–Trinajstić information content (AvgIpc) is 3.51. The van der Waals surface area contributed by atoms with Crippen molar-refractivity contribution in [3.63, 3.8) is 0 Å². The lowest BCUT2D eigenvalue weighted by atomic mass is 9.96. The molecule has 2 bridgehead atoms. The number of piperazine rings is 1. The summed E-state index contributed by atoms with van der Waals surface area (Å²) in [6.45, 7) is 4.84. The second kappa shape index (κ2) is 9.26. The van der Waals surface area contributed by atoms with Gasteiger partial charge < -0.3 is 25.3 Å². The van der Waals surface area contributed by atoms with E-state index in [1.54, 1.807) is 18.2 Å². The van der Waals surface area contributed by atoms with Crippen LogP contribution in [0.4, 0.5) is 16.2 Å². The van der Waals surface area contributed by atoms with Crippen LogP contribution in [0, 0.1) is 5.82 Å². The zero-order valence-corrected chi connectivity index (χ0v) is 22.3. The Kier molecular flexibility index (Phi) is 5.62. The molecule has 8 nitrogen and oxygen atoms in total. The van der Waals surface area contributed by atoms with E-state index in [4.69, 9.17) is 9.97 Å². The monoisotopic (exact) mass is 540 g/mol. The maximum absolute atomic E-state index is 16.6. The molecular weight excluding hydrogens is 507 g/mol. The number of likely N-dealkylation sites (tertiary alicyclic amines) is 1. The maximum atomic E-state index is 16.6. The molecule has 4 saturated heterocycles. The zero-order chi connectivity index (χ0) is 27.0. The Hall–Kier alpha value is -3.53. The molecule has 1 aromatic heterocycles. The van der Waals surface area contributed by atoms with E-state index in [0.717, 1.165) is 74.0 Å². The summed E-state index contributed by atoms with van der Waals surface area (Å²) in [4.78, 5) is 16.7. The molecule has 3 atom stereocenters. The van der Waals surface area contributed by atoms with Crippen molar-refractivity contribution in [1.29, 1.82) is 0 Å². The Balaban J connectivity index is 1.23. The third kappa shape index (κ3) is 3.98. The number of β-amino-alcohol motifs (C(OH)–C–C–N with tert-alkyl or cyclic N) is 1. The molecule has 8 rings (SSSR count). The quantitative estimate of drug-likeness (QED) is 0.363. The summed E-state index contributed by atoms with van der Waals surface area (Å²) in [6, 6.07) is 16.0. The van der Waals surface area contributed by atoms with Gasteiger partial charge in [0.15, 0.2) is 5.82 Å². The van der Waals surface area contributed by atoms with Gasteiger partial charge in [0, 0.05) is 68.3 Å². The van der Waals surface area contributed by atoms with Crippen molar-refractivity contribution in [3.05, 3.63) is 54.3 Å². The lowest BCUT2D eigenvalue weighted by molar-refractivity contribution is 0.146. The molecule has 0 spiro atoms. The number of phenolic OH excluding ortho intramolecular Hbond substituents is 1. The Morgan fingerprint density at radius 1 is 0.825 bits per heavy atom. The number of nitrogens with zero attached hydrogens (tertiary/aromatic N) is 5. The molecule has 0 amide bonds. The predicted octanol–water partition coefficient (Wildman–Crippen LogP) is 3.49. The lowest BCUT2D eigenvalue weighted by Crippen LogP contribution is -2.59. The van der Waals surface area contributed by atoms with Crippen LogP contribution in [0.1, 0.15) is 19.3 Å². The Bertz CT molecular complexity index is 1610. The zero-order valence-electron chi connectivity index (χ0n) is 22.3. The lowest BCUT2D eigenvalue weighted by Gasteiger charge is -2.44. The number of aromatic hydroxyl groups is 1. The van der Waals surface area contributed by atoms with Gasteiger partial charge in [-0.15, -0.1) is 0 Å². The van der Waals surface area contributed by atoms with Gasteiger partial charge >= 0.3 is 0 Å². The summed E-state index contributed by atoms with van der Waals surface area (Å²) in [5.74, 6) is 1.06. The number of anilines is 2. The fourth-order valence-electron chi connectivity index (χ4n) is 7.16. The van der Waals surface area contributed by atoms with Gasteiger partial charge in [-0.3, -0.25) is 4.90 Å². The van der Waals surface area contributed by atoms with Crippen LogP contribution in [-0.4, -0.2) is 88.6 Å². The van der Waals surface area contributed by atoms with E-state index < -0.39 is 5.82 Å². The number of fused-ring (bicyclic) bond motifs is 4. The van der Waals surface area contributed by atoms with Crippen molar-refractivity contribution in [3.8, 4) is 16.9 Å². The van der Waals surface area contributed by atoms with Gasteiger partial charge in [-0.25, -0.2) is 9.37 Å². The van der Waals surface area contributed by atoms with Crippen LogP contribution in [0.2, 0.25) is 0 Å². The fourth-order valence-corrected chi connectivity index (χ4v) is 7.16. The first-order valence-electron chi connectivity index (χ1n) is 14.4. The van der Waals surface area contributed by atoms with Crippen LogP contribution in [0.5, 0.6) is 5.75 Å². The molecule has 4 aliphatic heterocycles. The number of aromatic nitrogens is 2. The topological polar surface area (TPSA) is 88.0 Å². The average molecular weight is 541 g/mol. The number of aliphatic hydroxyl groups is 1. The van der Waals surface area contributed by atoms with Gasteiger partial charge in [0.1, 0.15) is 17.1 Å². The van der Waals surface area contributed by atoms with Crippen molar-refractivity contribution < 1.29 is 14.6 Å². The molecule has 5 heterocycles. The molecule has 0 aliphatic carbocycles. The number of nitrogens with one attached hydrogen (secondary N) is 1. The first kappa shape index (κ1) is 24.3. The van der Waals surface area contributed by atoms with E-state index >= 15 is 4.39 Å². The highest BCUT2D eigenvalue weighted by atomic mass is 19.1. The summed E-state index contributed by atoms with van der Waals surface area (Å²) >= 11 is 0. The molecule has 9 heteroatoms. The van der Waals surface area contributed by atoms with Gasteiger partial charge in [0.25, 0.3) is 0 Å². The molecule has 3 N–H and O–H groups in total. The summed E-state index contributed by atoms with van der Waals surface area (Å²) < 4.78 is 16.6. The number of aliphatic hydroxyl groups excluding tert-OH is 1. The molecule has 40 heavy (non-hydrogen) atoms. The van der Waals surface area contributed by atoms with E-state index in [-0.39, 0.29) is 11.9 Å².